The molecule has 0 spiro atoms. The van der Waals surface area contributed by atoms with Crippen LogP contribution >= 0.6 is 0 Å². The molecule has 9 rings (SSSR count). The van der Waals surface area contributed by atoms with E-state index in [1.165, 1.54) is 34.5 Å². The number of pyridine rings is 2. The Balaban J connectivity index is 1.11. The van der Waals surface area contributed by atoms with Gasteiger partial charge in [-0.3, -0.25) is 14.2 Å². The lowest BCUT2D eigenvalue weighted by molar-refractivity contribution is -0.703. The van der Waals surface area contributed by atoms with Crippen molar-refractivity contribution in [3.8, 4) is 22.6 Å². The van der Waals surface area contributed by atoms with Crippen LogP contribution in [0.1, 0.15) is 80.9 Å². The number of carbonyl (C=O) groups is 1. The van der Waals surface area contributed by atoms with Crippen molar-refractivity contribution in [2.75, 3.05) is 18.4 Å². The lowest BCUT2D eigenvalue weighted by Gasteiger charge is -2.36. The van der Waals surface area contributed by atoms with E-state index in [0.29, 0.717) is 11.5 Å². The van der Waals surface area contributed by atoms with Gasteiger partial charge in [0, 0.05) is 90.5 Å². The first-order chi connectivity index (χ1) is 26.2. The largest absolute Gasteiger partial charge is 0.371 e. The van der Waals surface area contributed by atoms with Crippen molar-refractivity contribution in [1.29, 1.82) is 0 Å². The summed E-state index contributed by atoms with van der Waals surface area (Å²) in [6.07, 6.45) is 7.62. The van der Waals surface area contributed by atoms with Crippen LogP contribution in [0.5, 0.6) is 0 Å². The van der Waals surface area contributed by atoms with Gasteiger partial charge in [-0.05, 0) is 74.9 Å². The fourth-order valence-electron chi connectivity index (χ4n) is 9.16. The Kier molecular flexibility index (Phi) is 8.48. The Labute approximate surface area is 314 Å². The predicted octanol–water partition coefficient (Wildman–Crippen LogP) is 7.35. The molecule has 0 saturated carbocycles. The highest BCUT2D eigenvalue weighted by Crippen LogP contribution is 2.44. The van der Waals surface area contributed by atoms with E-state index in [2.05, 4.69) is 80.7 Å². The van der Waals surface area contributed by atoms with Crippen molar-refractivity contribution in [2.24, 2.45) is 14.1 Å². The number of aromatic nitrogens is 6. The van der Waals surface area contributed by atoms with E-state index < -0.39 is 0 Å². The first kappa shape index (κ1) is 33.9. The van der Waals surface area contributed by atoms with Crippen LogP contribution in [0.15, 0.2) is 91.6 Å². The first-order valence-electron chi connectivity index (χ1n) is 18.9. The number of fused-ring (bicyclic) bond motifs is 6. The average molecular weight is 720 g/mol. The van der Waals surface area contributed by atoms with Gasteiger partial charge in [-0.1, -0.05) is 49.0 Å². The van der Waals surface area contributed by atoms with Gasteiger partial charge in [0.2, 0.25) is 5.69 Å². The molecule has 272 valence electrons. The molecule has 4 aromatic heterocycles. The number of hydrogen-bond acceptors (Lipinski definition) is 5. The van der Waals surface area contributed by atoms with Crippen molar-refractivity contribution in [3.63, 3.8) is 0 Å². The van der Waals surface area contributed by atoms with E-state index in [0.717, 1.165) is 96.8 Å². The Morgan fingerprint density at radius 3 is 2.56 bits per heavy atom. The second-order valence-electron chi connectivity index (χ2n) is 14.9. The third kappa shape index (κ3) is 5.80. The summed E-state index contributed by atoms with van der Waals surface area (Å²) in [6.45, 7) is 8.09. The van der Waals surface area contributed by atoms with Gasteiger partial charge >= 0.3 is 0 Å². The highest BCUT2D eigenvalue weighted by atomic mass is 19.1. The van der Waals surface area contributed by atoms with Crippen molar-refractivity contribution in [1.82, 2.24) is 29.4 Å². The van der Waals surface area contributed by atoms with Gasteiger partial charge in [-0.15, -0.1) is 0 Å². The average Bonchev–Trinajstić information content (AvgIpc) is 3.62. The fourth-order valence-corrected chi connectivity index (χ4v) is 9.16. The summed E-state index contributed by atoms with van der Waals surface area (Å²) in [4.78, 5) is 20.8. The van der Waals surface area contributed by atoms with E-state index in [4.69, 9.17) is 10.2 Å². The Bertz CT molecular complexity index is 2440. The van der Waals surface area contributed by atoms with Gasteiger partial charge in [0.15, 0.2) is 17.9 Å². The lowest BCUT2D eigenvalue weighted by atomic mass is 9.81. The molecule has 5 heterocycles. The summed E-state index contributed by atoms with van der Waals surface area (Å²) in [6, 6.07) is 25.3. The highest BCUT2D eigenvalue weighted by molar-refractivity contribution is 6.04. The number of likely N-dealkylation sites (tertiary alicyclic amines) is 1. The standard InChI is InChI=1S/C44H43FN8O/c1-27-11-7-18-38(46-27)47-44(54)43-35-17-8-12-30-13-10-24-53(42(30)40(35)49-51(43)4)37-25-36-39(34-16-6-5-15-33(34)37)48-50(3)41(36)31-14-9-23-52(26-31)28(2)29-19-21-32(45)22-20-29/h5-7,10-11,13,15-16,18-22,24,31,37H,2,8-9,12,14,17,23,25-26H2,1,3-4H3/p+1. The van der Waals surface area contributed by atoms with Crippen LogP contribution < -0.4 is 9.88 Å². The number of hydrogen-bond donors (Lipinski definition) is 1. The SMILES string of the molecule is C=C(c1ccc(F)cc1)N1CCCC(c2c3c(nn2C)-c2ccccc2C([n+]2cccc4c2-c2nn(C)c(C(=O)Nc5cccc(C)n5)c2CCC4)C3)C1. The quantitative estimate of drug-likeness (QED) is 0.182. The zero-order valence-electron chi connectivity index (χ0n) is 31.0. The summed E-state index contributed by atoms with van der Waals surface area (Å²) in [5.41, 5.74) is 13.4. The zero-order valence-corrected chi connectivity index (χ0v) is 31.0. The molecule has 2 atom stereocenters. The van der Waals surface area contributed by atoms with Gasteiger partial charge in [0.1, 0.15) is 17.3 Å². The molecule has 1 aliphatic heterocycles. The van der Waals surface area contributed by atoms with Gasteiger partial charge in [-0.25, -0.2) is 9.37 Å². The molecule has 1 fully saturated rings. The molecule has 0 bridgehead atoms. The highest BCUT2D eigenvalue weighted by Gasteiger charge is 2.41. The summed E-state index contributed by atoms with van der Waals surface area (Å²) in [5.74, 6) is 0.342. The second-order valence-corrected chi connectivity index (χ2v) is 14.9. The minimum Gasteiger partial charge on any atom is -0.371 e. The molecule has 54 heavy (non-hydrogen) atoms. The normalized spacial score (nSPS) is 17.5. The summed E-state index contributed by atoms with van der Waals surface area (Å²) < 4.78 is 20.0. The maximum atomic E-state index is 13.9. The van der Waals surface area contributed by atoms with Gasteiger partial charge in [-0.2, -0.15) is 14.8 Å². The number of nitrogens with zero attached hydrogens (tertiary/aromatic N) is 7. The number of nitrogens with one attached hydrogen (secondary N) is 1. The smallest absolute Gasteiger partial charge is 0.275 e. The van der Waals surface area contributed by atoms with Crippen LogP contribution in [-0.2, 0) is 33.4 Å². The van der Waals surface area contributed by atoms with Crippen molar-refractivity contribution >= 4 is 17.4 Å². The maximum Gasteiger partial charge on any atom is 0.275 e. The number of benzene rings is 2. The molecule has 3 aliphatic rings. The number of rotatable bonds is 6. The zero-order chi connectivity index (χ0) is 37.1. The topological polar surface area (TPSA) is 84.8 Å². The van der Waals surface area contributed by atoms with E-state index in [9.17, 15) is 9.18 Å². The van der Waals surface area contributed by atoms with Crippen LogP contribution in [0.25, 0.3) is 28.3 Å². The van der Waals surface area contributed by atoms with Gasteiger partial charge in [0.25, 0.3) is 5.91 Å². The minimum absolute atomic E-state index is 0.0119. The monoisotopic (exact) mass is 719 g/mol. The van der Waals surface area contributed by atoms with Crippen molar-refractivity contribution < 1.29 is 13.8 Å². The van der Waals surface area contributed by atoms with E-state index >= 15 is 0 Å². The number of carbonyl (C=O) groups excluding carboxylic acids is 1. The van der Waals surface area contributed by atoms with E-state index in [-0.39, 0.29) is 23.7 Å². The Hall–Kier alpha value is -5.90. The number of anilines is 1. The van der Waals surface area contributed by atoms with Crippen molar-refractivity contribution in [2.45, 2.75) is 57.4 Å². The Morgan fingerprint density at radius 1 is 0.907 bits per heavy atom. The third-order valence-corrected chi connectivity index (χ3v) is 11.6. The third-order valence-electron chi connectivity index (χ3n) is 11.6. The van der Waals surface area contributed by atoms with Crippen LogP contribution in [0.2, 0.25) is 0 Å². The molecule has 1 amide bonds. The molecule has 2 aromatic carbocycles. The molecule has 0 radical (unpaired) electrons. The summed E-state index contributed by atoms with van der Waals surface area (Å²) >= 11 is 0. The van der Waals surface area contributed by atoms with Crippen LogP contribution in [0.4, 0.5) is 10.2 Å². The molecule has 9 nitrogen and oxygen atoms in total. The van der Waals surface area contributed by atoms with Crippen LogP contribution in [0, 0.1) is 12.7 Å². The van der Waals surface area contributed by atoms with E-state index in [1.807, 2.05) is 44.3 Å². The number of piperidine rings is 1. The number of aryl methyl sites for hydroxylation is 4. The van der Waals surface area contributed by atoms with Gasteiger partial charge < -0.3 is 10.2 Å². The van der Waals surface area contributed by atoms with Crippen molar-refractivity contribution in [3.05, 3.63) is 142 Å². The number of amides is 1. The first-order valence-corrected chi connectivity index (χ1v) is 18.9. The molecular formula is C44H44FN8O+. The van der Waals surface area contributed by atoms with Gasteiger partial charge in [0.05, 0.1) is 5.69 Å². The van der Waals surface area contributed by atoms with Crippen LogP contribution in [0.3, 0.4) is 0 Å². The number of halogens is 1. The predicted molar refractivity (Wildman–Crippen MR) is 207 cm³/mol. The molecule has 1 saturated heterocycles. The molecular weight excluding hydrogens is 676 g/mol. The summed E-state index contributed by atoms with van der Waals surface area (Å²) in [5, 5.41) is 13.3. The molecule has 6 aromatic rings. The fraction of sp³-hybridized carbons (Fsp3) is 0.295. The molecule has 2 aliphatic carbocycles. The van der Waals surface area contributed by atoms with E-state index in [1.54, 1.807) is 4.68 Å². The molecule has 1 N–H and O–H groups in total. The summed E-state index contributed by atoms with van der Waals surface area (Å²) in [7, 11) is 3.95. The minimum atomic E-state index is -0.242. The second kappa shape index (κ2) is 13.5. The molecule has 10 heteroatoms. The van der Waals surface area contributed by atoms with Crippen LogP contribution in [-0.4, -0.2) is 48.4 Å². The lowest BCUT2D eigenvalue weighted by Crippen LogP contribution is -2.45. The Morgan fingerprint density at radius 2 is 1.72 bits per heavy atom. The molecule has 2 unspecified atom stereocenters. The maximum absolute atomic E-state index is 13.9.